The van der Waals surface area contributed by atoms with Crippen molar-refractivity contribution in [2.75, 3.05) is 20.2 Å². The molecule has 1 aromatic carbocycles. The number of methoxy groups -OCH3 is 1. The smallest absolute Gasteiger partial charge is 0.327 e. The Labute approximate surface area is 107 Å². The lowest BCUT2D eigenvalue weighted by molar-refractivity contribution is -0.147. The zero-order valence-corrected chi connectivity index (χ0v) is 10.7. The molecule has 2 atom stereocenters. The van der Waals surface area contributed by atoms with E-state index >= 15 is 0 Å². The van der Waals surface area contributed by atoms with Gasteiger partial charge >= 0.3 is 5.97 Å². The number of hydrogen-bond acceptors (Lipinski definition) is 3. The van der Waals surface area contributed by atoms with Gasteiger partial charge in [-0.2, -0.15) is 0 Å². The van der Waals surface area contributed by atoms with Crippen molar-refractivity contribution in [2.45, 2.75) is 19.4 Å². The topological polar surface area (TPSA) is 29.5 Å². The summed E-state index contributed by atoms with van der Waals surface area (Å²) >= 11 is 0. The Hall–Kier alpha value is -1.42. The van der Waals surface area contributed by atoms with Crippen molar-refractivity contribution < 1.29 is 13.9 Å². The van der Waals surface area contributed by atoms with Crippen molar-refractivity contribution in [3.8, 4) is 0 Å². The van der Waals surface area contributed by atoms with E-state index in [1.54, 1.807) is 12.1 Å². The van der Waals surface area contributed by atoms with E-state index in [0.29, 0.717) is 5.92 Å². The monoisotopic (exact) mass is 251 g/mol. The number of rotatable bonds is 3. The molecule has 0 unspecified atom stereocenters. The Morgan fingerprint density at radius 2 is 2.11 bits per heavy atom. The summed E-state index contributed by atoms with van der Waals surface area (Å²) in [6.07, 6.45) is 1.08. The molecule has 1 aliphatic heterocycles. The van der Waals surface area contributed by atoms with Gasteiger partial charge in [0, 0.05) is 6.54 Å². The van der Waals surface area contributed by atoms with Gasteiger partial charge in [-0.15, -0.1) is 0 Å². The molecule has 3 nitrogen and oxygen atoms in total. The van der Waals surface area contributed by atoms with Crippen molar-refractivity contribution in [1.29, 1.82) is 0 Å². The molecule has 0 aromatic heterocycles. The minimum Gasteiger partial charge on any atom is -0.468 e. The minimum absolute atomic E-state index is 0.282. The highest BCUT2D eigenvalue weighted by Crippen LogP contribution is 2.28. The summed E-state index contributed by atoms with van der Waals surface area (Å²) in [4.78, 5) is 14.0. The third-order valence-electron chi connectivity index (χ3n) is 3.43. The van der Waals surface area contributed by atoms with Crippen molar-refractivity contribution in [1.82, 2.24) is 4.90 Å². The molecule has 0 saturated carbocycles. The van der Waals surface area contributed by atoms with E-state index in [2.05, 4.69) is 11.8 Å². The molecule has 1 aromatic rings. The van der Waals surface area contributed by atoms with Crippen molar-refractivity contribution in [3.63, 3.8) is 0 Å². The third-order valence-corrected chi connectivity index (χ3v) is 3.43. The molecular weight excluding hydrogens is 233 g/mol. The summed E-state index contributed by atoms with van der Waals surface area (Å²) in [5.41, 5.74) is 0.789. The summed E-state index contributed by atoms with van der Waals surface area (Å²) in [6, 6.07) is 5.65. The Kier molecular flexibility index (Phi) is 3.97. The first kappa shape index (κ1) is 13.0. The predicted octanol–water partition coefficient (Wildman–Crippen LogP) is 2.38. The van der Waals surface area contributed by atoms with Crippen LogP contribution in [0.15, 0.2) is 24.3 Å². The number of carbonyl (C=O) groups excluding carboxylic acids is 1. The van der Waals surface area contributed by atoms with Crippen LogP contribution >= 0.6 is 0 Å². The van der Waals surface area contributed by atoms with Gasteiger partial charge in [0.05, 0.1) is 7.11 Å². The molecule has 1 heterocycles. The first-order chi connectivity index (χ1) is 8.61. The molecule has 0 N–H and O–H groups in total. The number of esters is 1. The number of hydrogen-bond donors (Lipinski definition) is 0. The van der Waals surface area contributed by atoms with Crippen molar-refractivity contribution in [3.05, 3.63) is 35.6 Å². The molecule has 1 fully saturated rings. The van der Waals surface area contributed by atoms with Gasteiger partial charge in [0.25, 0.3) is 0 Å². The van der Waals surface area contributed by atoms with E-state index in [4.69, 9.17) is 4.74 Å². The second-order valence-electron chi connectivity index (χ2n) is 4.87. The molecule has 1 aliphatic rings. The number of carbonyl (C=O) groups is 1. The summed E-state index contributed by atoms with van der Waals surface area (Å²) in [5.74, 6) is 0.00506. The molecule has 0 radical (unpaired) electrons. The standard InChI is InChI=1S/C14H18FNO2/c1-10-7-8-16(9-10)13(14(17)18-2)11-3-5-12(15)6-4-11/h3-6,10,13H,7-9H2,1-2H3/t10-,13+/m1/s1. The second-order valence-corrected chi connectivity index (χ2v) is 4.87. The largest absolute Gasteiger partial charge is 0.468 e. The zero-order valence-electron chi connectivity index (χ0n) is 10.7. The Morgan fingerprint density at radius 3 is 2.61 bits per heavy atom. The maximum atomic E-state index is 12.9. The maximum Gasteiger partial charge on any atom is 0.327 e. The fourth-order valence-corrected chi connectivity index (χ4v) is 2.46. The average Bonchev–Trinajstić information content (AvgIpc) is 2.78. The van der Waals surface area contributed by atoms with E-state index in [1.165, 1.54) is 19.2 Å². The molecule has 18 heavy (non-hydrogen) atoms. The SMILES string of the molecule is COC(=O)[C@H](c1ccc(F)cc1)N1CC[C@@H](C)C1. The Bertz CT molecular complexity index is 418. The number of halogens is 1. The zero-order chi connectivity index (χ0) is 13.1. The molecule has 0 aliphatic carbocycles. The van der Waals surface area contributed by atoms with Crippen LogP contribution < -0.4 is 0 Å². The summed E-state index contributed by atoms with van der Waals surface area (Å²) < 4.78 is 17.8. The van der Waals surface area contributed by atoms with Crippen LogP contribution in [0, 0.1) is 11.7 Å². The van der Waals surface area contributed by atoms with Gasteiger partial charge in [0.15, 0.2) is 0 Å². The minimum atomic E-state index is -0.416. The van der Waals surface area contributed by atoms with Gasteiger partial charge < -0.3 is 4.74 Å². The summed E-state index contributed by atoms with van der Waals surface area (Å²) in [5, 5.41) is 0. The van der Waals surface area contributed by atoms with E-state index in [0.717, 1.165) is 25.1 Å². The summed E-state index contributed by atoms with van der Waals surface area (Å²) in [6.45, 7) is 3.91. The molecule has 0 amide bonds. The second kappa shape index (κ2) is 5.48. The van der Waals surface area contributed by atoms with Crippen LogP contribution in [0.2, 0.25) is 0 Å². The quantitative estimate of drug-likeness (QED) is 0.772. The Morgan fingerprint density at radius 1 is 1.44 bits per heavy atom. The lowest BCUT2D eigenvalue weighted by Gasteiger charge is -2.25. The van der Waals surface area contributed by atoms with Gasteiger partial charge in [-0.1, -0.05) is 19.1 Å². The highest BCUT2D eigenvalue weighted by molar-refractivity contribution is 5.77. The van der Waals surface area contributed by atoms with Gasteiger partial charge in [0.2, 0.25) is 0 Å². The Balaban J connectivity index is 2.25. The molecular formula is C14H18FNO2. The molecule has 0 spiro atoms. The first-order valence-corrected chi connectivity index (χ1v) is 6.19. The maximum absolute atomic E-state index is 12.9. The van der Waals surface area contributed by atoms with Crippen LogP contribution in [0.4, 0.5) is 4.39 Å². The number of likely N-dealkylation sites (tertiary alicyclic amines) is 1. The highest BCUT2D eigenvalue weighted by atomic mass is 19.1. The van der Waals surface area contributed by atoms with Crippen LogP contribution in [0.3, 0.4) is 0 Å². The predicted molar refractivity (Wildman–Crippen MR) is 66.5 cm³/mol. The van der Waals surface area contributed by atoms with Gasteiger partial charge in [0.1, 0.15) is 11.9 Å². The summed E-state index contributed by atoms with van der Waals surface area (Å²) in [7, 11) is 1.39. The fraction of sp³-hybridized carbons (Fsp3) is 0.500. The van der Waals surface area contributed by atoms with E-state index < -0.39 is 6.04 Å². The number of ether oxygens (including phenoxy) is 1. The molecule has 4 heteroatoms. The highest BCUT2D eigenvalue weighted by Gasteiger charge is 2.32. The van der Waals surface area contributed by atoms with E-state index in [-0.39, 0.29) is 11.8 Å². The van der Waals surface area contributed by atoms with Crippen LogP contribution in [0.5, 0.6) is 0 Å². The van der Waals surface area contributed by atoms with Gasteiger partial charge in [-0.05, 0) is 36.6 Å². The number of nitrogens with zero attached hydrogens (tertiary/aromatic N) is 1. The molecule has 1 saturated heterocycles. The normalized spacial score (nSPS) is 21.8. The third kappa shape index (κ3) is 2.70. The van der Waals surface area contributed by atoms with E-state index in [9.17, 15) is 9.18 Å². The fourth-order valence-electron chi connectivity index (χ4n) is 2.46. The first-order valence-electron chi connectivity index (χ1n) is 6.19. The average molecular weight is 251 g/mol. The van der Waals surface area contributed by atoms with Crippen LogP contribution in [-0.4, -0.2) is 31.1 Å². The van der Waals surface area contributed by atoms with Gasteiger partial charge in [-0.3, -0.25) is 4.90 Å². The lowest BCUT2D eigenvalue weighted by atomic mass is 10.1. The molecule has 2 rings (SSSR count). The van der Waals surface area contributed by atoms with Crippen LogP contribution in [0.1, 0.15) is 24.9 Å². The van der Waals surface area contributed by atoms with Crippen molar-refractivity contribution in [2.24, 2.45) is 5.92 Å². The van der Waals surface area contributed by atoms with Crippen LogP contribution in [-0.2, 0) is 9.53 Å². The molecule has 0 bridgehead atoms. The van der Waals surface area contributed by atoms with Crippen molar-refractivity contribution >= 4 is 5.97 Å². The van der Waals surface area contributed by atoms with Crippen LogP contribution in [0.25, 0.3) is 0 Å². The lowest BCUT2D eigenvalue weighted by Crippen LogP contribution is -2.33. The number of benzene rings is 1. The molecule has 98 valence electrons. The van der Waals surface area contributed by atoms with E-state index in [1.807, 2.05) is 0 Å². The van der Waals surface area contributed by atoms with Gasteiger partial charge in [-0.25, -0.2) is 9.18 Å².